The van der Waals surface area contributed by atoms with Gasteiger partial charge in [0.15, 0.2) is 0 Å². The van der Waals surface area contributed by atoms with Gasteiger partial charge < -0.3 is 4.74 Å². The molecule has 3 rings (SSSR count). The summed E-state index contributed by atoms with van der Waals surface area (Å²) < 4.78 is 43.0. The summed E-state index contributed by atoms with van der Waals surface area (Å²) in [6.45, 7) is 0. The van der Waals surface area contributed by atoms with Crippen LogP contribution in [0.2, 0.25) is 0 Å². The summed E-state index contributed by atoms with van der Waals surface area (Å²) in [5.41, 5.74) is 3.70. The lowest BCUT2D eigenvalue weighted by Gasteiger charge is -2.08. The third kappa shape index (κ3) is 4.66. The molecule has 0 amide bonds. The SMILES string of the molecule is COc1ccc(Cc2ccc(Cc3ccc(C(F)(F)F)cc3)cc2)cc1. The Bertz CT molecular complexity index is 833. The Kier molecular flexibility index (Phi) is 5.31. The largest absolute Gasteiger partial charge is 0.497 e. The van der Waals surface area contributed by atoms with Crippen LogP contribution in [0.5, 0.6) is 5.75 Å². The van der Waals surface area contributed by atoms with Crippen LogP contribution in [0.4, 0.5) is 13.2 Å². The normalized spacial score (nSPS) is 11.4. The van der Waals surface area contributed by atoms with Gasteiger partial charge in [-0.25, -0.2) is 0 Å². The standard InChI is InChI=1S/C22H19F3O/c1-26-21-12-8-19(9-13-21)15-17-4-2-16(3-5-17)14-18-6-10-20(11-7-18)22(23,24)25/h2-13H,14-15H2,1H3. The van der Waals surface area contributed by atoms with E-state index in [9.17, 15) is 13.2 Å². The van der Waals surface area contributed by atoms with Gasteiger partial charge in [0, 0.05) is 0 Å². The Morgan fingerprint density at radius 1 is 0.615 bits per heavy atom. The molecule has 0 aliphatic carbocycles. The van der Waals surface area contributed by atoms with Gasteiger partial charge in [-0.1, -0.05) is 48.5 Å². The first-order chi connectivity index (χ1) is 12.4. The molecule has 4 heteroatoms. The molecule has 0 saturated heterocycles. The number of methoxy groups -OCH3 is 1. The first-order valence-electron chi connectivity index (χ1n) is 8.31. The minimum absolute atomic E-state index is 0.612. The van der Waals surface area contributed by atoms with Crippen molar-refractivity contribution in [3.05, 3.63) is 101 Å². The van der Waals surface area contributed by atoms with Crippen molar-refractivity contribution in [3.8, 4) is 5.75 Å². The first-order valence-corrected chi connectivity index (χ1v) is 8.31. The Morgan fingerprint density at radius 3 is 1.31 bits per heavy atom. The lowest BCUT2D eigenvalue weighted by Crippen LogP contribution is -2.04. The lowest BCUT2D eigenvalue weighted by atomic mass is 10.00. The van der Waals surface area contributed by atoms with Gasteiger partial charge in [0.2, 0.25) is 0 Å². The van der Waals surface area contributed by atoms with E-state index in [4.69, 9.17) is 4.74 Å². The number of hydrogen-bond acceptors (Lipinski definition) is 1. The number of alkyl halides is 3. The molecule has 134 valence electrons. The van der Waals surface area contributed by atoms with Gasteiger partial charge in [-0.2, -0.15) is 13.2 Å². The summed E-state index contributed by atoms with van der Waals surface area (Å²) in [5.74, 6) is 0.834. The van der Waals surface area contributed by atoms with E-state index in [1.165, 1.54) is 23.3 Å². The molecule has 0 atom stereocenters. The van der Waals surface area contributed by atoms with E-state index in [1.54, 1.807) is 7.11 Å². The summed E-state index contributed by atoms with van der Waals surface area (Å²) in [5, 5.41) is 0. The summed E-state index contributed by atoms with van der Waals surface area (Å²) in [7, 11) is 1.64. The van der Waals surface area contributed by atoms with Crippen molar-refractivity contribution in [3.63, 3.8) is 0 Å². The molecule has 0 aliphatic rings. The van der Waals surface area contributed by atoms with Crippen LogP contribution in [-0.4, -0.2) is 7.11 Å². The van der Waals surface area contributed by atoms with Crippen molar-refractivity contribution in [2.45, 2.75) is 19.0 Å². The number of rotatable bonds is 5. The van der Waals surface area contributed by atoms with E-state index in [2.05, 4.69) is 12.1 Å². The monoisotopic (exact) mass is 356 g/mol. The Balaban J connectivity index is 1.63. The highest BCUT2D eigenvalue weighted by Gasteiger charge is 2.29. The van der Waals surface area contributed by atoms with Gasteiger partial charge in [-0.15, -0.1) is 0 Å². The number of benzene rings is 3. The van der Waals surface area contributed by atoms with Crippen molar-refractivity contribution < 1.29 is 17.9 Å². The molecule has 26 heavy (non-hydrogen) atoms. The van der Waals surface area contributed by atoms with Crippen LogP contribution >= 0.6 is 0 Å². The van der Waals surface area contributed by atoms with E-state index in [-0.39, 0.29) is 0 Å². The van der Waals surface area contributed by atoms with Crippen molar-refractivity contribution in [1.82, 2.24) is 0 Å². The Morgan fingerprint density at radius 2 is 0.962 bits per heavy atom. The number of hydrogen-bond donors (Lipinski definition) is 0. The van der Waals surface area contributed by atoms with Crippen molar-refractivity contribution in [1.29, 1.82) is 0 Å². The second-order valence-electron chi connectivity index (χ2n) is 6.21. The van der Waals surface area contributed by atoms with Gasteiger partial charge in [-0.05, 0) is 59.4 Å². The molecule has 0 fully saturated rings. The van der Waals surface area contributed by atoms with Crippen molar-refractivity contribution >= 4 is 0 Å². The molecule has 0 aromatic heterocycles. The maximum absolute atomic E-state index is 12.6. The summed E-state index contributed by atoms with van der Waals surface area (Å²) in [6.07, 6.45) is -2.85. The third-order valence-corrected chi connectivity index (χ3v) is 4.28. The Hall–Kier alpha value is -2.75. The molecule has 3 aromatic rings. The van der Waals surface area contributed by atoms with E-state index in [0.717, 1.165) is 35.4 Å². The van der Waals surface area contributed by atoms with Crippen LogP contribution in [0.3, 0.4) is 0 Å². The zero-order valence-corrected chi connectivity index (χ0v) is 14.4. The predicted molar refractivity (Wildman–Crippen MR) is 96.5 cm³/mol. The predicted octanol–water partition coefficient (Wildman–Crippen LogP) is 5.90. The molecule has 1 nitrogen and oxygen atoms in total. The van der Waals surface area contributed by atoms with E-state index < -0.39 is 11.7 Å². The minimum atomic E-state index is -4.29. The fourth-order valence-electron chi connectivity index (χ4n) is 2.80. The summed E-state index contributed by atoms with van der Waals surface area (Å²) in [4.78, 5) is 0. The molecule has 0 unspecified atom stereocenters. The Labute approximate surface area is 151 Å². The molecule has 0 heterocycles. The fraction of sp³-hybridized carbons (Fsp3) is 0.182. The first kappa shape index (κ1) is 18.1. The van der Waals surface area contributed by atoms with Gasteiger partial charge in [0.05, 0.1) is 12.7 Å². The van der Waals surface area contributed by atoms with Gasteiger partial charge in [0.25, 0.3) is 0 Å². The van der Waals surface area contributed by atoms with Gasteiger partial charge in [-0.3, -0.25) is 0 Å². The minimum Gasteiger partial charge on any atom is -0.497 e. The smallest absolute Gasteiger partial charge is 0.416 e. The van der Waals surface area contributed by atoms with Crippen molar-refractivity contribution in [2.75, 3.05) is 7.11 Å². The van der Waals surface area contributed by atoms with Gasteiger partial charge in [0.1, 0.15) is 5.75 Å². The number of ether oxygens (including phenoxy) is 1. The molecule has 0 N–H and O–H groups in total. The fourth-order valence-corrected chi connectivity index (χ4v) is 2.80. The summed E-state index contributed by atoms with van der Waals surface area (Å²) >= 11 is 0. The van der Waals surface area contributed by atoms with Crippen LogP contribution in [0, 0.1) is 0 Å². The highest BCUT2D eigenvalue weighted by molar-refractivity contribution is 5.34. The molecule has 0 radical (unpaired) electrons. The quantitative estimate of drug-likeness (QED) is 0.553. The number of halogens is 3. The molecule has 0 saturated carbocycles. The zero-order valence-electron chi connectivity index (χ0n) is 14.4. The third-order valence-electron chi connectivity index (χ3n) is 4.28. The molecular formula is C22H19F3O. The van der Waals surface area contributed by atoms with Crippen LogP contribution in [0.25, 0.3) is 0 Å². The van der Waals surface area contributed by atoms with Crippen LogP contribution < -0.4 is 4.74 Å². The van der Waals surface area contributed by atoms with E-state index >= 15 is 0 Å². The second-order valence-corrected chi connectivity index (χ2v) is 6.21. The average molecular weight is 356 g/mol. The van der Waals surface area contributed by atoms with Crippen LogP contribution in [0.1, 0.15) is 27.8 Å². The van der Waals surface area contributed by atoms with E-state index in [0.29, 0.717) is 6.42 Å². The molecule has 0 aliphatic heterocycles. The summed E-state index contributed by atoms with van der Waals surface area (Å²) in [6, 6.07) is 21.5. The highest BCUT2D eigenvalue weighted by Crippen LogP contribution is 2.29. The van der Waals surface area contributed by atoms with E-state index in [1.807, 2.05) is 36.4 Å². The maximum atomic E-state index is 12.6. The highest BCUT2D eigenvalue weighted by atomic mass is 19.4. The molecule has 0 spiro atoms. The second kappa shape index (κ2) is 7.65. The molecule has 0 bridgehead atoms. The van der Waals surface area contributed by atoms with Crippen LogP contribution in [0.15, 0.2) is 72.8 Å². The maximum Gasteiger partial charge on any atom is 0.416 e. The molecular weight excluding hydrogens is 337 g/mol. The van der Waals surface area contributed by atoms with Crippen molar-refractivity contribution in [2.24, 2.45) is 0 Å². The molecule has 3 aromatic carbocycles. The van der Waals surface area contributed by atoms with Crippen LogP contribution in [-0.2, 0) is 19.0 Å². The topological polar surface area (TPSA) is 9.23 Å². The van der Waals surface area contributed by atoms with Gasteiger partial charge >= 0.3 is 6.18 Å². The zero-order chi connectivity index (χ0) is 18.6. The lowest BCUT2D eigenvalue weighted by molar-refractivity contribution is -0.137. The average Bonchev–Trinajstić information content (AvgIpc) is 2.64.